The van der Waals surface area contributed by atoms with E-state index in [2.05, 4.69) is 96.8 Å². The zero-order chi connectivity index (χ0) is 23.8. The van der Waals surface area contributed by atoms with Gasteiger partial charge in [0.25, 0.3) is 0 Å². The number of pyridine rings is 1. The molecule has 0 saturated carbocycles. The Kier molecular flexibility index (Phi) is 4.64. The van der Waals surface area contributed by atoms with Crippen molar-refractivity contribution in [2.24, 2.45) is 0 Å². The molecule has 0 aliphatic carbocycles. The smallest absolute Gasteiger partial charge is 0.137 e. The summed E-state index contributed by atoms with van der Waals surface area (Å²) in [5, 5.41) is 5.69. The lowest BCUT2D eigenvalue weighted by Gasteiger charge is -2.23. The molecule has 1 aliphatic rings. The van der Waals surface area contributed by atoms with Crippen LogP contribution in [0.3, 0.4) is 0 Å². The molecule has 3 aromatic carbocycles. The lowest BCUT2D eigenvalue weighted by Crippen LogP contribution is -2.49. The van der Waals surface area contributed by atoms with Crippen LogP contribution >= 0.6 is 15.9 Å². The minimum atomic E-state index is -1.84. The number of rotatable bonds is 3. The molecular weight excluding hydrogens is 500 g/mol. The molecule has 5 aromatic rings. The van der Waals surface area contributed by atoms with Gasteiger partial charge in [-0.3, -0.25) is 4.57 Å². The van der Waals surface area contributed by atoms with Gasteiger partial charge in [0.15, 0.2) is 0 Å². The van der Waals surface area contributed by atoms with E-state index in [-0.39, 0.29) is 5.41 Å². The summed E-state index contributed by atoms with van der Waals surface area (Å²) in [6, 6.07) is 23.6. The van der Waals surface area contributed by atoms with E-state index in [0.717, 1.165) is 21.8 Å². The van der Waals surface area contributed by atoms with Gasteiger partial charge in [0.2, 0.25) is 0 Å². The van der Waals surface area contributed by atoms with Crippen molar-refractivity contribution < 1.29 is 4.74 Å². The lowest BCUT2D eigenvalue weighted by atomic mass is 9.88. The average Bonchev–Trinajstić information content (AvgIpc) is 3.23. The van der Waals surface area contributed by atoms with E-state index in [1.165, 1.54) is 37.7 Å². The van der Waals surface area contributed by atoms with Gasteiger partial charge >= 0.3 is 0 Å². The normalized spacial score (nSPS) is 14.4. The molecule has 170 valence electrons. The van der Waals surface area contributed by atoms with Crippen molar-refractivity contribution >= 4 is 56.2 Å². The van der Waals surface area contributed by atoms with E-state index in [0.29, 0.717) is 0 Å². The second-order valence-electron chi connectivity index (χ2n) is 10.7. The fraction of sp³-hybridized carbons (Fsp3) is 0.207. The molecule has 0 spiro atoms. The zero-order valence-corrected chi connectivity index (χ0v) is 22.7. The van der Waals surface area contributed by atoms with Crippen molar-refractivity contribution in [2.75, 3.05) is 0 Å². The van der Waals surface area contributed by atoms with Crippen molar-refractivity contribution in [2.45, 2.75) is 39.3 Å². The summed E-state index contributed by atoms with van der Waals surface area (Å²) >= 11 is 3.56. The lowest BCUT2D eigenvalue weighted by molar-refractivity contribution is 0.483. The van der Waals surface area contributed by atoms with E-state index in [1.54, 1.807) is 0 Å². The first-order valence-electron chi connectivity index (χ1n) is 11.7. The maximum Gasteiger partial charge on any atom is 0.137 e. The topological polar surface area (TPSA) is 27.1 Å². The molecule has 6 rings (SSSR count). The van der Waals surface area contributed by atoms with E-state index in [9.17, 15) is 0 Å². The SMILES string of the molecule is CC(C)(C)c1ccnc(-n2c3cccc4c3c3c(cc(Oc5cccc(Br)c5)cc32)[Si]4(C)C)c1. The second-order valence-corrected chi connectivity index (χ2v) is 16.0. The number of nitrogens with zero attached hydrogens (tertiary/aromatic N) is 2. The third-order valence-corrected chi connectivity index (χ3v) is 11.1. The van der Waals surface area contributed by atoms with Gasteiger partial charge < -0.3 is 4.74 Å². The minimum absolute atomic E-state index is 0.0493. The fourth-order valence-electron chi connectivity index (χ4n) is 5.30. The van der Waals surface area contributed by atoms with Crippen LogP contribution in [0.1, 0.15) is 26.3 Å². The van der Waals surface area contributed by atoms with Crippen LogP contribution in [0.4, 0.5) is 0 Å². The van der Waals surface area contributed by atoms with Crippen LogP contribution in [0.5, 0.6) is 11.5 Å². The third-order valence-electron chi connectivity index (χ3n) is 7.08. The van der Waals surface area contributed by atoms with Crippen molar-refractivity contribution in [3.63, 3.8) is 0 Å². The number of benzene rings is 3. The fourth-order valence-corrected chi connectivity index (χ4v) is 8.74. The van der Waals surface area contributed by atoms with Crippen molar-refractivity contribution in [1.29, 1.82) is 0 Å². The van der Waals surface area contributed by atoms with Gasteiger partial charge in [-0.15, -0.1) is 0 Å². The maximum absolute atomic E-state index is 6.41. The van der Waals surface area contributed by atoms with Gasteiger partial charge in [-0.2, -0.15) is 0 Å². The minimum Gasteiger partial charge on any atom is -0.457 e. The molecule has 1 aliphatic heterocycles. The van der Waals surface area contributed by atoms with Gasteiger partial charge in [0, 0.05) is 27.5 Å². The van der Waals surface area contributed by atoms with E-state index < -0.39 is 8.07 Å². The van der Waals surface area contributed by atoms with Crippen LogP contribution in [-0.2, 0) is 5.41 Å². The number of hydrogen-bond acceptors (Lipinski definition) is 2. The first-order valence-corrected chi connectivity index (χ1v) is 15.5. The predicted molar refractivity (Wildman–Crippen MR) is 148 cm³/mol. The number of halogens is 1. The molecule has 3 nitrogen and oxygen atoms in total. The summed E-state index contributed by atoms with van der Waals surface area (Å²) in [7, 11) is -1.84. The molecule has 0 saturated heterocycles. The molecule has 2 aromatic heterocycles. The van der Waals surface area contributed by atoms with Crippen LogP contribution in [0.25, 0.3) is 27.6 Å². The van der Waals surface area contributed by atoms with Crippen molar-refractivity contribution in [1.82, 2.24) is 9.55 Å². The molecule has 0 radical (unpaired) electrons. The summed E-state index contributed by atoms with van der Waals surface area (Å²) in [5.74, 6) is 2.65. The van der Waals surface area contributed by atoms with Crippen molar-refractivity contribution in [3.8, 4) is 17.3 Å². The Bertz CT molecular complexity index is 1610. The molecule has 0 unspecified atom stereocenters. The Balaban J connectivity index is 1.66. The molecule has 0 fully saturated rings. The first kappa shape index (κ1) is 21.6. The molecular formula is C29H27BrN2OSi. The van der Waals surface area contributed by atoms with Gasteiger partial charge in [0.1, 0.15) is 25.4 Å². The molecule has 0 atom stereocenters. The quantitative estimate of drug-likeness (QED) is 0.233. The maximum atomic E-state index is 6.41. The highest BCUT2D eigenvalue weighted by molar-refractivity contribution is 9.10. The standard InChI is InChI=1S/C29H27BrN2OSi/c1-29(2,3)18-12-13-31-26(14-18)32-22-10-7-11-24-27(22)28-23(32)16-21(17-25(28)34(24,4)5)33-20-9-6-8-19(30)15-20/h6-17H,1-5H3. The highest BCUT2D eigenvalue weighted by Gasteiger charge is 2.38. The van der Waals surface area contributed by atoms with Crippen LogP contribution in [-0.4, -0.2) is 17.6 Å². The van der Waals surface area contributed by atoms with Crippen LogP contribution in [0.15, 0.2) is 77.4 Å². The van der Waals surface area contributed by atoms with E-state index >= 15 is 0 Å². The Labute approximate surface area is 209 Å². The summed E-state index contributed by atoms with van der Waals surface area (Å²) in [4.78, 5) is 4.83. The van der Waals surface area contributed by atoms with E-state index in [1.807, 2.05) is 30.5 Å². The molecule has 0 N–H and O–H groups in total. The predicted octanol–water partition coefficient (Wildman–Crippen LogP) is 7.17. The van der Waals surface area contributed by atoms with Gasteiger partial charge in [-0.05, 0) is 63.8 Å². The summed E-state index contributed by atoms with van der Waals surface area (Å²) in [6.07, 6.45) is 1.94. The Morgan fingerprint density at radius 3 is 2.35 bits per heavy atom. The summed E-state index contributed by atoms with van der Waals surface area (Å²) in [6.45, 7) is 11.6. The highest BCUT2D eigenvalue weighted by Crippen LogP contribution is 2.39. The Hall–Kier alpha value is -2.89. The molecule has 0 amide bonds. The molecule has 3 heterocycles. The number of aromatic nitrogens is 2. The van der Waals surface area contributed by atoms with Crippen LogP contribution in [0, 0.1) is 0 Å². The monoisotopic (exact) mass is 526 g/mol. The Morgan fingerprint density at radius 2 is 1.59 bits per heavy atom. The van der Waals surface area contributed by atoms with E-state index in [4.69, 9.17) is 9.72 Å². The molecule has 5 heteroatoms. The van der Waals surface area contributed by atoms with Gasteiger partial charge in [-0.25, -0.2) is 4.98 Å². The van der Waals surface area contributed by atoms with Crippen LogP contribution in [0.2, 0.25) is 13.1 Å². The third kappa shape index (κ3) is 3.17. The molecule has 0 bridgehead atoms. The van der Waals surface area contributed by atoms with Gasteiger partial charge in [0.05, 0.1) is 11.0 Å². The highest BCUT2D eigenvalue weighted by atomic mass is 79.9. The number of ether oxygens (including phenoxy) is 1. The largest absolute Gasteiger partial charge is 0.457 e. The van der Waals surface area contributed by atoms with Crippen molar-refractivity contribution in [3.05, 3.63) is 83.0 Å². The zero-order valence-electron chi connectivity index (χ0n) is 20.1. The summed E-state index contributed by atoms with van der Waals surface area (Å²) in [5.41, 5.74) is 3.72. The first-order chi connectivity index (χ1) is 16.1. The Morgan fingerprint density at radius 1 is 0.824 bits per heavy atom. The second kappa shape index (κ2) is 7.30. The van der Waals surface area contributed by atoms with Gasteiger partial charge in [-0.1, -0.05) is 68.0 Å². The van der Waals surface area contributed by atoms with Crippen LogP contribution < -0.4 is 15.1 Å². The summed E-state index contributed by atoms with van der Waals surface area (Å²) < 4.78 is 9.74. The average molecular weight is 528 g/mol. The molecule has 34 heavy (non-hydrogen) atoms. The number of hydrogen-bond donors (Lipinski definition) is 0.